The molecule has 0 spiro atoms. The van der Waals surface area contributed by atoms with E-state index in [1.54, 1.807) is 17.1 Å². The van der Waals surface area contributed by atoms with Crippen molar-refractivity contribution >= 4 is 5.91 Å². The van der Waals surface area contributed by atoms with Crippen LogP contribution in [0.2, 0.25) is 0 Å². The van der Waals surface area contributed by atoms with Gasteiger partial charge in [0.05, 0.1) is 0 Å². The second kappa shape index (κ2) is 5.83. The van der Waals surface area contributed by atoms with E-state index in [0.29, 0.717) is 13.2 Å². The van der Waals surface area contributed by atoms with Crippen LogP contribution in [-0.2, 0) is 16.1 Å². The van der Waals surface area contributed by atoms with E-state index in [0.717, 1.165) is 24.2 Å². The number of pyridine rings is 1. The Morgan fingerprint density at radius 3 is 3.15 bits per heavy atom. The monoisotopic (exact) mass is 272 g/mol. The molecule has 3 rings (SSSR count). The summed E-state index contributed by atoms with van der Waals surface area (Å²) in [4.78, 5) is 16.3. The van der Waals surface area contributed by atoms with Crippen LogP contribution in [0.5, 0.6) is 0 Å². The fourth-order valence-corrected chi connectivity index (χ4v) is 2.25. The standard InChI is InChI=1S/C14H16N4O2/c19-14(12-5-2-9-20-12)16-10-11-4-1-6-15-13(11)18-8-3-7-17-18/h1,3-4,6-8,12H,2,5,9-10H2,(H,16,19)/t12-/m1/s1. The van der Waals surface area contributed by atoms with E-state index in [2.05, 4.69) is 15.4 Å². The Morgan fingerprint density at radius 2 is 2.40 bits per heavy atom. The number of ether oxygens (including phenoxy) is 1. The zero-order chi connectivity index (χ0) is 13.8. The number of carbonyl (C=O) groups is 1. The average Bonchev–Trinajstić information content (AvgIpc) is 3.17. The largest absolute Gasteiger partial charge is 0.368 e. The lowest BCUT2D eigenvalue weighted by molar-refractivity contribution is -0.130. The summed E-state index contributed by atoms with van der Waals surface area (Å²) in [5.74, 6) is 0.669. The lowest BCUT2D eigenvalue weighted by atomic mass is 10.2. The number of rotatable bonds is 4. The van der Waals surface area contributed by atoms with Gasteiger partial charge in [0.1, 0.15) is 6.10 Å². The third kappa shape index (κ3) is 2.70. The highest BCUT2D eigenvalue weighted by molar-refractivity contribution is 5.81. The summed E-state index contributed by atoms with van der Waals surface area (Å²) < 4.78 is 7.05. The first-order valence-electron chi connectivity index (χ1n) is 6.68. The number of carbonyl (C=O) groups excluding carboxylic acids is 1. The van der Waals surface area contributed by atoms with Gasteiger partial charge in [-0.2, -0.15) is 5.10 Å². The lowest BCUT2D eigenvalue weighted by Gasteiger charge is -2.12. The zero-order valence-corrected chi connectivity index (χ0v) is 11.0. The minimum absolute atomic E-state index is 0.0576. The fraction of sp³-hybridized carbons (Fsp3) is 0.357. The highest BCUT2D eigenvalue weighted by Crippen LogP contribution is 2.13. The fourth-order valence-electron chi connectivity index (χ4n) is 2.25. The molecular formula is C14H16N4O2. The molecule has 0 radical (unpaired) electrons. The van der Waals surface area contributed by atoms with E-state index in [1.165, 1.54) is 0 Å². The van der Waals surface area contributed by atoms with Crippen molar-refractivity contribution in [2.45, 2.75) is 25.5 Å². The predicted octanol–water partition coefficient (Wildman–Crippen LogP) is 1.06. The molecule has 1 fully saturated rings. The maximum Gasteiger partial charge on any atom is 0.249 e. The van der Waals surface area contributed by atoms with E-state index in [1.807, 2.05) is 24.4 Å². The molecule has 1 saturated heterocycles. The highest BCUT2D eigenvalue weighted by atomic mass is 16.5. The van der Waals surface area contributed by atoms with Crippen LogP contribution in [0, 0.1) is 0 Å². The van der Waals surface area contributed by atoms with Gasteiger partial charge in [-0.3, -0.25) is 4.79 Å². The average molecular weight is 272 g/mol. The van der Waals surface area contributed by atoms with Gasteiger partial charge in [-0.1, -0.05) is 6.07 Å². The first kappa shape index (κ1) is 12.8. The molecular weight excluding hydrogens is 256 g/mol. The summed E-state index contributed by atoms with van der Waals surface area (Å²) in [5, 5.41) is 7.07. The van der Waals surface area contributed by atoms with Crippen LogP contribution in [0.15, 0.2) is 36.8 Å². The van der Waals surface area contributed by atoms with Gasteiger partial charge in [0.2, 0.25) is 5.91 Å². The maximum absolute atomic E-state index is 11.9. The van der Waals surface area contributed by atoms with Crippen LogP contribution in [0.3, 0.4) is 0 Å². The van der Waals surface area contributed by atoms with E-state index >= 15 is 0 Å². The molecule has 0 saturated carbocycles. The molecule has 104 valence electrons. The Kier molecular flexibility index (Phi) is 3.73. The van der Waals surface area contributed by atoms with Gasteiger partial charge in [-0.25, -0.2) is 9.67 Å². The van der Waals surface area contributed by atoms with Crippen molar-refractivity contribution in [3.8, 4) is 5.82 Å². The van der Waals surface area contributed by atoms with Crippen molar-refractivity contribution in [3.05, 3.63) is 42.4 Å². The molecule has 0 aromatic carbocycles. The van der Waals surface area contributed by atoms with Crippen molar-refractivity contribution in [2.75, 3.05) is 6.61 Å². The predicted molar refractivity (Wildman–Crippen MR) is 72.2 cm³/mol. The van der Waals surface area contributed by atoms with Crippen LogP contribution in [-0.4, -0.2) is 33.4 Å². The zero-order valence-electron chi connectivity index (χ0n) is 11.0. The molecule has 1 aliphatic heterocycles. The van der Waals surface area contributed by atoms with Crippen molar-refractivity contribution in [1.29, 1.82) is 0 Å². The van der Waals surface area contributed by atoms with Gasteiger partial charge in [-0.15, -0.1) is 0 Å². The second-order valence-corrected chi connectivity index (χ2v) is 4.66. The summed E-state index contributed by atoms with van der Waals surface area (Å²) in [6.07, 6.45) is 6.67. The van der Waals surface area contributed by atoms with E-state index < -0.39 is 0 Å². The summed E-state index contributed by atoms with van der Waals surface area (Å²) in [7, 11) is 0. The van der Waals surface area contributed by atoms with Crippen molar-refractivity contribution in [3.63, 3.8) is 0 Å². The molecule has 1 N–H and O–H groups in total. The summed E-state index contributed by atoms with van der Waals surface area (Å²) in [5.41, 5.74) is 0.919. The van der Waals surface area contributed by atoms with Gasteiger partial charge in [0, 0.05) is 37.3 Å². The van der Waals surface area contributed by atoms with Gasteiger partial charge in [0.15, 0.2) is 5.82 Å². The Morgan fingerprint density at radius 1 is 1.45 bits per heavy atom. The van der Waals surface area contributed by atoms with E-state index in [-0.39, 0.29) is 12.0 Å². The number of amides is 1. The first-order chi connectivity index (χ1) is 9.84. The number of aromatic nitrogens is 3. The van der Waals surface area contributed by atoms with Gasteiger partial charge < -0.3 is 10.1 Å². The second-order valence-electron chi connectivity index (χ2n) is 4.66. The quantitative estimate of drug-likeness (QED) is 0.903. The van der Waals surface area contributed by atoms with Gasteiger partial charge in [0.25, 0.3) is 0 Å². The topological polar surface area (TPSA) is 69.0 Å². The number of hydrogen-bond donors (Lipinski definition) is 1. The Balaban J connectivity index is 1.70. The molecule has 2 aromatic heterocycles. The highest BCUT2D eigenvalue weighted by Gasteiger charge is 2.23. The van der Waals surface area contributed by atoms with Crippen LogP contribution >= 0.6 is 0 Å². The first-order valence-corrected chi connectivity index (χ1v) is 6.68. The Labute approximate surface area is 116 Å². The molecule has 0 unspecified atom stereocenters. The third-order valence-electron chi connectivity index (χ3n) is 3.26. The summed E-state index contributed by atoms with van der Waals surface area (Å²) >= 11 is 0. The molecule has 3 heterocycles. The molecule has 0 aliphatic carbocycles. The van der Waals surface area contributed by atoms with Crippen LogP contribution < -0.4 is 5.32 Å². The molecule has 6 heteroatoms. The molecule has 1 amide bonds. The van der Waals surface area contributed by atoms with Crippen LogP contribution in [0.25, 0.3) is 5.82 Å². The Bertz CT molecular complexity index is 577. The third-order valence-corrected chi connectivity index (χ3v) is 3.26. The van der Waals surface area contributed by atoms with Crippen LogP contribution in [0.1, 0.15) is 18.4 Å². The summed E-state index contributed by atoms with van der Waals surface area (Å²) in [6.45, 7) is 1.09. The molecule has 1 atom stereocenters. The number of nitrogens with one attached hydrogen (secondary N) is 1. The summed E-state index contributed by atoms with van der Waals surface area (Å²) in [6, 6.07) is 5.61. The number of nitrogens with zero attached hydrogens (tertiary/aromatic N) is 3. The van der Waals surface area contributed by atoms with Crippen molar-refractivity contribution in [2.24, 2.45) is 0 Å². The molecule has 20 heavy (non-hydrogen) atoms. The maximum atomic E-state index is 11.9. The minimum atomic E-state index is -0.306. The van der Waals surface area contributed by atoms with Crippen molar-refractivity contribution < 1.29 is 9.53 Å². The Hall–Kier alpha value is -2.21. The van der Waals surface area contributed by atoms with E-state index in [4.69, 9.17) is 4.74 Å². The molecule has 1 aliphatic rings. The van der Waals surface area contributed by atoms with E-state index in [9.17, 15) is 4.79 Å². The lowest BCUT2D eigenvalue weighted by Crippen LogP contribution is -2.33. The molecule has 2 aromatic rings. The normalized spacial score (nSPS) is 18.1. The smallest absolute Gasteiger partial charge is 0.249 e. The molecule has 6 nitrogen and oxygen atoms in total. The molecule has 0 bridgehead atoms. The van der Waals surface area contributed by atoms with Gasteiger partial charge >= 0.3 is 0 Å². The van der Waals surface area contributed by atoms with Crippen molar-refractivity contribution in [1.82, 2.24) is 20.1 Å². The SMILES string of the molecule is O=C(NCc1cccnc1-n1cccn1)[C@H]1CCCO1. The number of hydrogen-bond acceptors (Lipinski definition) is 4. The minimum Gasteiger partial charge on any atom is -0.368 e. The van der Waals surface area contributed by atoms with Gasteiger partial charge in [-0.05, 0) is 25.0 Å². The van der Waals surface area contributed by atoms with Crippen LogP contribution in [0.4, 0.5) is 0 Å².